The van der Waals surface area contributed by atoms with Crippen molar-refractivity contribution in [2.45, 2.75) is 6.61 Å². The molecule has 2 aromatic rings. The molecule has 0 aliphatic rings. The lowest BCUT2D eigenvalue weighted by atomic mass is 10.2. The van der Waals surface area contributed by atoms with Crippen LogP contribution < -0.4 is 4.74 Å². The van der Waals surface area contributed by atoms with Crippen molar-refractivity contribution in [3.8, 4) is 5.75 Å². The lowest BCUT2D eigenvalue weighted by molar-refractivity contribution is 0.107. The van der Waals surface area contributed by atoms with Gasteiger partial charge in [0.2, 0.25) is 0 Å². The van der Waals surface area contributed by atoms with Gasteiger partial charge in [-0.25, -0.2) is 0 Å². The van der Waals surface area contributed by atoms with E-state index in [1.807, 2.05) is 0 Å². The molecule has 0 N–H and O–H groups in total. The summed E-state index contributed by atoms with van der Waals surface area (Å²) < 4.78 is 6.35. The van der Waals surface area contributed by atoms with Gasteiger partial charge < -0.3 is 4.74 Å². The minimum absolute atomic E-state index is 0.150. The Morgan fingerprint density at radius 1 is 1.15 bits per heavy atom. The van der Waals surface area contributed by atoms with Crippen molar-refractivity contribution in [3.05, 3.63) is 62.0 Å². The monoisotopic (exact) mass is 392 g/mol. The van der Waals surface area contributed by atoms with Gasteiger partial charge in [-0.1, -0.05) is 45.2 Å². The summed E-state index contributed by atoms with van der Waals surface area (Å²) in [5.41, 5.74) is 0.941. The van der Waals surface area contributed by atoms with Crippen LogP contribution in [0.2, 0.25) is 10.0 Å². The maximum absolute atomic E-state index is 11.4. The van der Waals surface area contributed by atoms with Crippen LogP contribution in [0.1, 0.15) is 15.9 Å². The highest BCUT2D eigenvalue weighted by Gasteiger charge is 2.13. The Morgan fingerprint density at radius 2 is 1.80 bits per heavy atom. The first kappa shape index (κ1) is 15.6. The van der Waals surface area contributed by atoms with E-state index in [0.29, 0.717) is 21.4 Å². The summed E-state index contributed by atoms with van der Waals surface area (Å²) in [6.45, 7) is 0.150. The van der Waals surface area contributed by atoms with Crippen LogP contribution in [0.15, 0.2) is 40.9 Å². The van der Waals surface area contributed by atoms with Gasteiger partial charge in [-0.2, -0.15) is 0 Å². The zero-order valence-corrected chi connectivity index (χ0v) is 13.9. The normalized spacial score (nSPS) is 10.4. The van der Waals surface area contributed by atoms with E-state index < -0.39 is 5.24 Å². The summed E-state index contributed by atoms with van der Waals surface area (Å²) in [7, 11) is 0. The number of benzene rings is 2. The molecule has 20 heavy (non-hydrogen) atoms. The molecule has 0 radical (unpaired) electrons. The van der Waals surface area contributed by atoms with E-state index in [0.717, 1.165) is 4.47 Å². The van der Waals surface area contributed by atoms with E-state index in [2.05, 4.69) is 15.9 Å². The standard InChI is InChI=1S/C14H8BrCl3O2/c15-8-4-5-13(9(6-8)14(18)19)20-7-10-11(16)2-1-3-12(10)17/h1-6H,7H2. The van der Waals surface area contributed by atoms with Crippen LogP contribution in [0.25, 0.3) is 0 Å². The third-order valence-electron chi connectivity index (χ3n) is 2.59. The van der Waals surface area contributed by atoms with Crippen molar-refractivity contribution in [3.63, 3.8) is 0 Å². The van der Waals surface area contributed by atoms with Gasteiger partial charge in [0.05, 0.1) is 5.56 Å². The van der Waals surface area contributed by atoms with Crippen molar-refractivity contribution >= 4 is 56.0 Å². The molecule has 6 heteroatoms. The fourth-order valence-electron chi connectivity index (χ4n) is 1.60. The number of carbonyl (C=O) groups excluding carboxylic acids is 1. The lowest BCUT2D eigenvalue weighted by Gasteiger charge is -2.11. The topological polar surface area (TPSA) is 26.3 Å². The highest BCUT2D eigenvalue weighted by molar-refractivity contribution is 9.10. The van der Waals surface area contributed by atoms with Crippen LogP contribution in [0.4, 0.5) is 0 Å². The van der Waals surface area contributed by atoms with Crippen molar-refractivity contribution in [1.29, 1.82) is 0 Å². The zero-order valence-electron chi connectivity index (χ0n) is 10.00. The van der Waals surface area contributed by atoms with Crippen LogP contribution in [-0.2, 0) is 6.61 Å². The number of carbonyl (C=O) groups is 1. The fourth-order valence-corrected chi connectivity index (χ4v) is 2.62. The van der Waals surface area contributed by atoms with E-state index in [1.54, 1.807) is 36.4 Å². The number of rotatable bonds is 4. The SMILES string of the molecule is O=C(Cl)c1cc(Br)ccc1OCc1c(Cl)cccc1Cl. The highest BCUT2D eigenvalue weighted by atomic mass is 79.9. The fraction of sp³-hybridized carbons (Fsp3) is 0.0714. The minimum atomic E-state index is -0.591. The number of hydrogen-bond donors (Lipinski definition) is 0. The van der Waals surface area contributed by atoms with Crippen molar-refractivity contribution in [2.75, 3.05) is 0 Å². The van der Waals surface area contributed by atoms with Crippen LogP contribution in [0, 0.1) is 0 Å². The molecule has 0 aromatic heterocycles. The van der Waals surface area contributed by atoms with Crippen LogP contribution in [0.5, 0.6) is 5.75 Å². The molecule has 0 unspecified atom stereocenters. The lowest BCUT2D eigenvalue weighted by Crippen LogP contribution is -2.01. The maximum atomic E-state index is 11.4. The van der Waals surface area contributed by atoms with Crippen LogP contribution in [0.3, 0.4) is 0 Å². The summed E-state index contributed by atoms with van der Waals surface area (Å²) in [6.07, 6.45) is 0. The number of halogens is 4. The first-order valence-corrected chi connectivity index (χ1v) is 7.47. The smallest absolute Gasteiger partial charge is 0.256 e. The van der Waals surface area contributed by atoms with Gasteiger partial charge in [0.25, 0.3) is 5.24 Å². The predicted octanol–water partition coefficient (Wildman–Crippen LogP) is 5.71. The molecule has 104 valence electrons. The number of hydrogen-bond acceptors (Lipinski definition) is 2. The first-order valence-electron chi connectivity index (χ1n) is 5.54. The van der Waals surface area contributed by atoms with Gasteiger partial charge >= 0.3 is 0 Å². The summed E-state index contributed by atoms with van der Waals surface area (Å²) in [6, 6.07) is 10.2. The average Bonchev–Trinajstić information content (AvgIpc) is 2.39. The molecule has 2 rings (SSSR count). The third-order valence-corrected chi connectivity index (χ3v) is 3.99. The molecule has 0 aliphatic carbocycles. The Hall–Kier alpha value is -0.740. The average molecular weight is 394 g/mol. The Kier molecular flexibility index (Phi) is 5.33. The van der Waals surface area contributed by atoms with Gasteiger partial charge in [-0.3, -0.25) is 4.79 Å². The van der Waals surface area contributed by atoms with Crippen LogP contribution in [-0.4, -0.2) is 5.24 Å². The second-order valence-corrected chi connectivity index (χ2v) is 5.98. The Bertz CT molecular complexity index is 639. The largest absolute Gasteiger partial charge is 0.488 e. The first-order chi connectivity index (χ1) is 9.49. The second-order valence-electron chi connectivity index (χ2n) is 3.90. The van der Waals surface area contributed by atoms with E-state index in [-0.39, 0.29) is 12.2 Å². The van der Waals surface area contributed by atoms with Gasteiger partial charge in [-0.05, 0) is 41.9 Å². The molecule has 0 amide bonds. The molecule has 0 aliphatic heterocycles. The van der Waals surface area contributed by atoms with Gasteiger partial charge in [-0.15, -0.1) is 0 Å². The van der Waals surface area contributed by atoms with E-state index in [1.165, 1.54) is 0 Å². The molecule has 0 fully saturated rings. The Balaban J connectivity index is 2.25. The molecule has 0 heterocycles. The van der Waals surface area contributed by atoms with Crippen molar-refractivity contribution in [1.82, 2.24) is 0 Å². The summed E-state index contributed by atoms with van der Waals surface area (Å²) in [4.78, 5) is 11.4. The van der Waals surface area contributed by atoms with Crippen molar-refractivity contribution < 1.29 is 9.53 Å². The second kappa shape index (κ2) is 6.81. The molecule has 0 bridgehead atoms. The van der Waals surface area contributed by atoms with Crippen LogP contribution >= 0.6 is 50.7 Å². The molecule has 0 atom stereocenters. The van der Waals surface area contributed by atoms with E-state index in [9.17, 15) is 4.79 Å². The molecule has 2 nitrogen and oxygen atoms in total. The van der Waals surface area contributed by atoms with E-state index in [4.69, 9.17) is 39.5 Å². The number of ether oxygens (including phenoxy) is 1. The quantitative estimate of drug-likeness (QED) is 0.621. The maximum Gasteiger partial charge on any atom is 0.256 e. The minimum Gasteiger partial charge on any atom is -0.488 e. The third kappa shape index (κ3) is 3.67. The molecular formula is C14H8BrCl3O2. The Labute approximate surface area is 139 Å². The van der Waals surface area contributed by atoms with E-state index >= 15 is 0 Å². The van der Waals surface area contributed by atoms with Gasteiger partial charge in [0.15, 0.2) is 0 Å². The molecule has 0 saturated carbocycles. The van der Waals surface area contributed by atoms with Crippen molar-refractivity contribution in [2.24, 2.45) is 0 Å². The predicted molar refractivity (Wildman–Crippen MR) is 85.1 cm³/mol. The molecule has 0 spiro atoms. The molecular weight excluding hydrogens is 386 g/mol. The zero-order chi connectivity index (χ0) is 14.7. The molecule has 2 aromatic carbocycles. The van der Waals surface area contributed by atoms with Gasteiger partial charge in [0, 0.05) is 20.1 Å². The summed E-state index contributed by atoms with van der Waals surface area (Å²) >= 11 is 20.9. The summed E-state index contributed by atoms with van der Waals surface area (Å²) in [5.74, 6) is 0.379. The van der Waals surface area contributed by atoms with Gasteiger partial charge in [0.1, 0.15) is 12.4 Å². The highest BCUT2D eigenvalue weighted by Crippen LogP contribution is 2.29. The molecule has 0 saturated heterocycles. The summed E-state index contributed by atoms with van der Waals surface area (Å²) in [5, 5.41) is 0.424. The Morgan fingerprint density at radius 3 is 2.40 bits per heavy atom.